The maximum Gasteiger partial charge on any atom is 0.0714 e. The van der Waals surface area contributed by atoms with Crippen LogP contribution in [0.25, 0.3) is 66.4 Å². The predicted octanol–water partition coefficient (Wildman–Crippen LogP) is 20.0. The number of fused-ring (bicyclic) bond motifs is 7. The van der Waals surface area contributed by atoms with E-state index in [1.165, 1.54) is 99.8 Å². The molecule has 0 unspecified atom stereocenters. The highest BCUT2D eigenvalue weighted by atomic mass is 15.1. The quantitative estimate of drug-likeness (QED) is 0.132. The van der Waals surface area contributed by atoms with Crippen molar-refractivity contribution in [3.8, 4) is 55.6 Å². The first-order valence-electron chi connectivity index (χ1n) is 27.5. The number of rotatable bonds is 10. The Morgan fingerprint density at radius 1 is 0.228 bits per heavy atom. The van der Waals surface area contributed by atoms with Crippen LogP contribution in [0.2, 0.25) is 0 Å². The monoisotopic (exact) mass is 1000 g/mol. The van der Waals surface area contributed by atoms with Gasteiger partial charge in [-0.2, -0.15) is 0 Å². The predicted molar refractivity (Wildman–Crippen MR) is 330 cm³/mol. The van der Waals surface area contributed by atoms with Crippen molar-refractivity contribution < 1.29 is 0 Å². The minimum absolute atomic E-state index is 0.487. The van der Waals surface area contributed by atoms with Crippen LogP contribution in [0.4, 0.5) is 17.1 Å². The molecule has 0 aromatic heterocycles. The van der Waals surface area contributed by atoms with Crippen LogP contribution in [0, 0.1) is 0 Å². The van der Waals surface area contributed by atoms with Crippen molar-refractivity contribution in [1.29, 1.82) is 0 Å². The Morgan fingerprint density at radius 2 is 0.671 bits per heavy atom. The summed E-state index contributed by atoms with van der Waals surface area (Å²) in [7, 11) is 0. The van der Waals surface area contributed by atoms with Crippen LogP contribution in [0.15, 0.2) is 322 Å². The van der Waals surface area contributed by atoms with E-state index in [9.17, 15) is 0 Å². The van der Waals surface area contributed by atoms with Crippen molar-refractivity contribution in [2.45, 2.75) is 10.8 Å². The molecule has 0 aliphatic heterocycles. The molecule has 0 N–H and O–H groups in total. The highest BCUT2D eigenvalue weighted by Crippen LogP contribution is 2.60. The van der Waals surface area contributed by atoms with Gasteiger partial charge in [0, 0.05) is 16.9 Å². The summed E-state index contributed by atoms with van der Waals surface area (Å²) in [4.78, 5) is 2.50. The molecule has 0 bridgehead atoms. The lowest BCUT2D eigenvalue weighted by Gasteiger charge is -2.34. The average molecular weight is 1000 g/mol. The van der Waals surface area contributed by atoms with Gasteiger partial charge in [-0.3, -0.25) is 0 Å². The highest BCUT2D eigenvalue weighted by Gasteiger charge is 2.48. The second kappa shape index (κ2) is 18.9. The van der Waals surface area contributed by atoms with Crippen molar-refractivity contribution >= 4 is 27.8 Å². The first-order valence-corrected chi connectivity index (χ1v) is 27.5. The second-order valence-electron chi connectivity index (χ2n) is 21.1. The fourth-order valence-corrected chi connectivity index (χ4v) is 13.7. The molecule has 79 heavy (non-hydrogen) atoms. The Morgan fingerprint density at radius 3 is 1.34 bits per heavy atom. The number of hydrogen-bond acceptors (Lipinski definition) is 1. The number of hydrogen-bond donors (Lipinski definition) is 0. The zero-order valence-corrected chi connectivity index (χ0v) is 43.5. The third kappa shape index (κ3) is 7.24. The van der Waals surface area contributed by atoms with Gasteiger partial charge in [0.25, 0.3) is 0 Å². The van der Waals surface area contributed by atoms with Gasteiger partial charge in [-0.15, -0.1) is 0 Å². The van der Waals surface area contributed by atoms with Gasteiger partial charge in [0.2, 0.25) is 0 Å². The summed E-state index contributed by atoms with van der Waals surface area (Å²) in [6, 6.07) is 119. The lowest BCUT2D eigenvalue weighted by atomic mass is 9.67. The van der Waals surface area contributed by atoms with Crippen LogP contribution >= 0.6 is 0 Å². The number of benzene rings is 13. The van der Waals surface area contributed by atoms with Crippen molar-refractivity contribution in [1.82, 2.24) is 0 Å². The smallest absolute Gasteiger partial charge is 0.0714 e. The summed E-state index contributed by atoms with van der Waals surface area (Å²) in [5.74, 6) is 0. The number of nitrogens with zero attached hydrogens (tertiary/aromatic N) is 1. The Balaban J connectivity index is 0.917. The van der Waals surface area contributed by atoms with Crippen molar-refractivity contribution in [2.75, 3.05) is 4.90 Å². The molecule has 0 amide bonds. The van der Waals surface area contributed by atoms with E-state index in [-0.39, 0.29) is 0 Å². The normalized spacial score (nSPS) is 13.3. The topological polar surface area (TPSA) is 3.24 Å². The average Bonchev–Trinajstić information content (AvgIpc) is 3.42. The molecule has 0 fully saturated rings. The lowest BCUT2D eigenvalue weighted by molar-refractivity contribution is 0.768. The molecule has 370 valence electrons. The molecule has 0 spiro atoms. The highest BCUT2D eigenvalue weighted by molar-refractivity contribution is 6.00. The Kier molecular flexibility index (Phi) is 11.1. The molecule has 0 radical (unpaired) electrons. The molecule has 2 aliphatic rings. The zero-order chi connectivity index (χ0) is 52.3. The summed E-state index contributed by atoms with van der Waals surface area (Å²) in [5, 5.41) is 2.49. The van der Waals surface area contributed by atoms with Gasteiger partial charge in [0.15, 0.2) is 0 Å². The molecule has 0 atom stereocenters. The maximum atomic E-state index is 2.50. The first-order chi connectivity index (χ1) is 39.2. The van der Waals surface area contributed by atoms with Crippen LogP contribution < -0.4 is 4.90 Å². The van der Waals surface area contributed by atoms with E-state index in [4.69, 9.17) is 0 Å². The lowest BCUT2D eigenvalue weighted by Crippen LogP contribution is -2.28. The van der Waals surface area contributed by atoms with Gasteiger partial charge in [-0.1, -0.05) is 279 Å². The van der Waals surface area contributed by atoms with Crippen LogP contribution in [0.1, 0.15) is 44.5 Å². The minimum Gasteiger partial charge on any atom is -0.310 e. The minimum atomic E-state index is -0.550. The molecule has 1 heteroatoms. The molecule has 0 saturated heterocycles. The summed E-state index contributed by atoms with van der Waals surface area (Å²) in [5.41, 5.74) is 24.5. The van der Waals surface area contributed by atoms with Crippen LogP contribution in [0.5, 0.6) is 0 Å². The van der Waals surface area contributed by atoms with E-state index in [0.29, 0.717) is 0 Å². The van der Waals surface area contributed by atoms with Crippen molar-refractivity contribution in [3.63, 3.8) is 0 Å². The molecular weight excluding hydrogens is 951 g/mol. The molecule has 1 nitrogen and oxygen atoms in total. The maximum absolute atomic E-state index is 2.50. The SMILES string of the molecule is c1ccc(C2(c3ccccc3)c3ccccc3-c3ccc(-c4ccc(N(c5cccc(-c6cccc(-c7cccc8ccccc78)c6)c5)c5cccc6c5-c5ccccc5C6(c5ccccc5)c5ccccc5)cc4)cc32)cc1. The third-order valence-electron chi connectivity index (χ3n) is 17.0. The van der Waals surface area contributed by atoms with Crippen LogP contribution in [0.3, 0.4) is 0 Å². The van der Waals surface area contributed by atoms with Gasteiger partial charge in [0.1, 0.15) is 0 Å². The largest absolute Gasteiger partial charge is 0.310 e. The van der Waals surface area contributed by atoms with Crippen LogP contribution in [-0.2, 0) is 10.8 Å². The zero-order valence-electron chi connectivity index (χ0n) is 43.5. The van der Waals surface area contributed by atoms with E-state index < -0.39 is 10.8 Å². The van der Waals surface area contributed by atoms with E-state index in [1.807, 2.05) is 0 Å². The van der Waals surface area contributed by atoms with Gasteiger partial charge in [-0.05, 0) is 148 Å². The molecule has 0 heterocycles. The van der Waals surface area contributed by atoms with E-state index >= 15 is 0 Å². The van der Waals surface area contributed by atoms with E-state index in [1.54, 1.807) is 0 Å². The molecule has 13 aromatic rings. The first kappa shape index (κ1) is 46.2. The summed E-state index contributed by atoms with van der Waals surface area (Å²) in [6.07, 6.45) is 0. The van der Waals surface area contributed by atoms with Gasteiger partial charge in [0.05, 0.1) is 16.5 Å². The van der Waals surface area contributed by atoms with Gasteiger partial charge >= 0.3 is 0 Å². The Hall–Kier alpha value is -10.1. The molecular formula is C78H53N. The summed E-state index contributed by atoms with van der Waals surface area (Å²) >= 11 is 0. The molecule has 13 aromatic carbocycles. The van der Waals surface area contributed by atoms with E-state index in [0.717, 1.165) is 28.2 Å². The van der Waals surface area contributed by atoms with Gasteiger partial charge in [-0.25, -0.2) is 0 Å². The summed E-state index contributed by atoms with van der Waals surface area (Å²) in [6.45, 7) is 0. The Labute approximate surface area is 462 Å². The molecule has 0 saturated carbocycles. The summed E-state index contributed by atoms with van der Waals surface area (Å²) < 4.78 is 0. The fourth-order valence-electron chi connectivity index (χ4n) is 13.7. The number of anilines is 3. The third-order valence-corrected chi connectivity index (χ3v) is 17.0. The molecule has 15 rings (SSSR count). The van der Waals surface area contributed by atoms with Crippen molar-refractivity contribution in [3.05, 3.63) is 366 Å². The second-order valence-corrected chi connectivity index (χ2v) is 21.1. The fraction of sp³-hybridized carbons (Fsp3) is 0.0256. The van der Waals surface area contributed by atoms with Crippen molar-refractivity contribution in [2.24, 2.45) is 0 Å². The van der Waals surface area contributed by atoms with Crippen LogP contribution in [-0.4, -0.2) is 0 Å². The Bertz CT molecular complexity index is 4320. The van der Waals surface area contributed by atoms with Gasteiger partial charge < -0.3 is 4.90 Å². The molecule has 2 aliphatic carbocycles. The standard InChI is InChI=1S/C78H53N/c1-5-28-60(29-6-1)77(61-30-7-2-8-31-61)72-42-18-16-39-70(72)76-73(77)43-22-44-75(76)79(65-36-20-26-57(52-65)56-25-19-27-59(51-56)67-40-21-24-55-23-13-14-37-66(55)67)64-48-45-54(46-49-64)58-47-50-69-68-38-15-17-41-71(68)78(74(69)53-58,62-32-9-3-10-33-62)63-34-11-4-12-35-63/h1-53H. The van der Waals surface area contributed by atoms with E-state index in [2.05, 4.69) is 326 Å².